The number of fused-ring (bicyclic) bond motifs is 1. The van der Waals surface area contributed by atoms with Crippen LogP contribution >= 0.6 is 0 Å². The molecule has 2 nitrogen and oxygen atoms in total. The van der Waals surface area contributed by atoms with Crippen LogP contribution in [-0.2, 0) is 6.42 Å². The standard InChI is InChI=1S/C12H17N.C6H13N.3CH4/c1-3-13(2)12-9-8-10-6-4-5-7-11(10)12;1-6-4-3-5-7(6)2;;;/h4-7,12H,3,8-9H2,1-2H3;6H,3-5H2,1-2H3;3*1H4. The summed E-state index contributed by atoms with van der Waals surface area (Å²) in [5.74, 6) is 0. The average molecular weight is 323 g/mol. The molecule has 1 aromatic rings. The van der Waals surface area contributed by atoms with Crippen molar-refractivity contribution in [1.82, 2.24) is 9.80 Å². The van der Waals surface area contributed by atoms with Crippen LogP contribution in [-0.4, -0.2) is 43.0 Å². The second-order valence-corrected chi connectivity index (χ2v) is 6.30. The van der Waals surface area contributed by atoms with Crippen LogP contribution in [0.3, 0.4) is 0 Å². The fourth-order valence-electron chi connectivity index (χ4n) is 3.29. The fraction of sp³-hybridized carbons (Fsp3) is 0.714. The Bertz CT molecular complexity index is 408. The summed E-state index contributed by atoms with van der Waals surface area (Å²) in [6.07, 6.45) is 5.35. The zero-order valence-electron chi connectivity index (χ0n) is 13.6. The largest absolute Gasteiger partial charge is 0.304 e. The predicted octanol–water partition coefficient (Wildman–Crippen LogP) is 5.63. The van der Waals surface area contributed by atoms with Crippen molar-refractivity contribution < 1.29 is 0 Å². The number of hydrogen-bond donors (Lipinski definition) is 0. The predicted molar refractivity (Wildman–Crippen MR) is 107 cm³/mol. The van der Waals surface area contributed by atoms with Crippen LogP contribution < -0.4 is 0 Å². The van der Waals surface area contributed by atoms with Crippen LogP contribution in [0.15, 0.2) is 24.3 Å². The minimum atomic E-state index is 0. The number of likely N-dealkylation sites (tertiary alicyclic amines) is 1. The van der Waals surface area contributed by atoms with E-state index in [1.807, 2.05) is 0 Å². The molecule has 1 saturated heterocycles. The van der Waals surface area contributed by atoms with Gasteiger partial charge in [-0.05, 0) is 70.9 Å². The summed E-state index contributed by atoms with van der Waals surface area (Å²) in [7, 11) is 4.41. The molecular formula is C21H42N2. The summed E-state index contributed by atoms with van der Waals surface area (Å²) in [6.45, 7) is 6.95. The van der Waals surface area contributed by atoms with Crippen LogP contribution in [0.2, 0.25) is 0 Å². The molecule has 2 unspecified atom stereocenters. The van der Waals surface area contributed by atoms with Gasteiger partial charge in [0.15, 0.2) is 0 Å². The summed E-state index contributed by atoms with van der Waals surface area (Å²) < 4.78 is 0. The summed E-state index contributed by atoms with van der Waals surface area (Å²) in [5, 5.41) is 0. The van der Waals surface area contributed by atoms with E-state index in [1.54, 1.807) is 11.1 Å². The lowest BCUT2D eigenvalue weighted by Crippen LogP contribution is -2.22. The van der Waals surface area contributed by atoms with Gasteiger partial charge in [0, 0.05) is 12.1 Å². The molecule has 0 amide bonds. The highest BCUT2D eigenvalue weighted by Crippen LogP contribution is 2.34. The zero-order valence-corrected chi connectivity index (χ0v) is 13.6. The zero-order chi connectivity index (χ0) is 14.5. The van der Waals surface area contributed by atoms with Gasteiger partial charge in [-0.2, -0.15) is 0 Å². The molecule has 0 radical (unpaired) electrons. The molecule has 0 spiro atoms. The Morgan fingerprint density at radius 2 is 1.78 bits per heavy atom. The Hall–Kier alpha value is -0.860. The molecule has 0 saturated carbocycles. The number of benzene rings is 1. The van der Waals surface area contributed by atoms with E-state index in [0.717, 1.165) is 12.6 Å². The maximum Gasteiger partial charge on any atom is 0.0350 e. The molecule has 2 aliphatic rings. The Morgan fingerprint density at radius 1 is 1.13 bits per heavy atom. The molecule has 1 aromatic carbocycles. The molecule has 0 N–H and O–H groups in total. The van der Waals surface area contributed by atoms with Crippen molar-refractivity contribution in [3.8, 4) is 0 Å². The molecule has 1 aliphatic heterocycles. The molecule has 136 valence electrons. The molecule has 1 aliphatic carbocycles. The summed E-state index contributed by atoms with van der Waals surface area (Å²) in [6, 6.07) is 10.4. The maximum absolute atomic E-state index is 2.44. The monoisotopic (exact) mass is 322 g/mol. The molecule has 23 heavy (non-hydrogen) atoms. The van der Waals surface area contributed by atoms with Crippen LogP contribution in [0, 0.1) is 0 Å². The molecule has 0 aromatic heterocycles. The molecule has 2 heteroatoms. The molecule has 1 fully saturated rings. The van der Waals surface area contributed by atoms with E-state index >= 15 is 0 Å². The van der Waals surface area contributed by atoms with Gasteiger partial charge in [0.25, 0.3) is 0 Å². The van der Waals surface area contributed by atoms with Crippen molar-refractivity contribution in [2.75, 3.05) is 27.2 Å². The van der Waals surface area contributed by atoms with Gasteiger partial charge in [-0.15, -0.1) is 0 Å². The van der Waals surface area contributed by atoms with Crippen molar-refractivity contribution >= 4 is 0 Å². The Morgan fingerprint density at radius 3 is 2.26 bits per heavy atom. The van der Waals surface area contributed by atoms with E-state index in [4.69, 9.17) is 0 Å². The highest BCUT2D eigenvalue weighted by atomic mass is 15.1. The van der Waals surface area contributed by atoms with Gasteiger partial charge in [-0.1, -0.05) is 53.5 Å². The normalized spacial score (nSPS) is 22.1. The van der Waals surface area contributed by atoms with Gasteiger partial charge in [0.1, 0.15) is 0 Å². The first-order chi connectivity index (χ1) is 9.63. The highest BCUT2D eigenvalue weighted by Gasteiger charge is 2.24. The molecule has 0 bridgehead atoms. The summed E-state index contributed by atoms with van der Waals surface area (Å²) in [4.78, 5) is 4.84. The third-order valence-corrected chi connectivity index (χ3v) is 5.02. The van der Waals surface area contributed by atoms with E-state index < -0.39 is 0 Å². The topological polar surface area (TPSA) is 6.48 Å². The number of aryl methyl sites for hydroxylation is 1. The van der Waals surface area contributed by atoms with Crippen LogP contribution in [0.4, 0.5) is 0 Å². The number of hydrogen-bond acceptors (Lipinski definition) is 2. The van der Waals surface area contributed by atoms with Gasteiger partial charge in [-0.25, -0.2) is 0 Å². The first-order valence-electron chi connectivity index (χ1n) is 8.11. The van der Waals surface area contributed by atoms with E-state index in [0.29, 0.717) is 6.04 Å². The molecule has 1 heterocycles. The lowest BCUT2D eigenvalue weighted by molar-refractivity contribution is 0.257. The average Bonchev–Trinajstić information content (AvgIpc) is 3.06. The first kappa shape index (κ1) is 24.4. The van der Waals surface area contributed by atoms with E-state index in [-0.39, 0.29) is 22.3 Å². The van der Waals surface area contributed by atoms with E-state index in [9.17, 15) is 0 Å². The van der Waals surface area contributed by atoms with Crippen molar-refractivity contribution in [3.05, 3.63) is 35.4 Å². The maximum atomic E-state index is 2.44. The highest BCUT2D eigenvalue weighted by molar-refractivity contribution is 5.34. The molecular weight excluding hydrogens is 280 g/mol. The first-order valence-corrected chi connectivity index (χ1v) is 8.11. The van der Waals surface area contributed by atoms with E-state index in [2.05, 4.69) is 62.0 Å². The van der Waals surface area contributed by atoms with Crippen molar-refractivity contribution in [2.45, 2.75) is 73.9 Å². The Labute approximate surface area is 146 Å². The second-order valence-electron chi connectivity index (χ2n) is 6.30. The van der Waals surface area contributed by atoms with Gasteiger partial charge in [-0.3, -0.25) is 4.90 Å². The van der Waals surface area contributed by atoms with Gasteiger partial charge in [0.05, 0.1) is 0 Å². The van der Waals surface area contributed by atoms with Gasteiger partial charge >= 0.3 is 0 Å². The summed E-state index contributed by atoms with van der Waals surface area (Å²) in [5.41, 5.74) is 3.10. The molecule has 2 atom stereocenters. The van der Waals surface area contributed by atoms with Crippen molar-refractivity contribution in [3.63, 3.8) is 0 Å². The van der Waals surface area contributed by atoms with Crippen LogP contribution in [0.1, 0.15) is 72.6 Å². The lowest BCUT2D eigenvalue weighted by atomic mass is 10.1. The Balaban J connectivity index is 0. The third kappa shape index (κ3) is 6.27. The fourth-order valence-corrected chi connectivity index (χ4v) is 3.29. The third-order valence-electron chi connectivity index (χ3n) is 5.02. The van der Waals surface area contributed by atoms with Crippen LogP contribution in [0.25, 0.3) is 0 Å². The lowest BCUT2D eigenvalue weighted by Gasteiger charge is -2.23. The minimum absolute atomic E-state index is 0. The van der Waals surface area contributed by atoms with Crippen molar-refractivity contribution in [2.24, 2.45) is 0 Å². The minimum Gasteiger partial charge on any atom is -0.304 e. The number of rotatable bonds is 2. The van der Waals surface area contributed by atoms with Crippen molar-refractivity contribution in [1.29, 1.82) is 0 Å². The summed E-state index contributed by atoms with van der Waals surface area (Å²) >= 11 is 0. The Kier molecular flexibility index (Phi) is 12.3. The van der Waals surface area contributed by atoms with E-state index in [1.165, 1.54) is 32.2 Å². The van der Waals surface area contributed by atoms with Gasteiger partial charge in [0.2, 0.25) is 0 Å². The SMILES string of the molecule is C.C.C.CC1CCCN1C.CCN(C)C1CCc2ccccc21. The van der Waals surface area contributed by atoms with Crippen LogP contribution in [0.5, 0.6) is 0 Å². The molecule has 3 rings (SSSR count). The smallest absolute Gasteiger partial charge is 0.0350 e. The quantitative estimate of drug-likeness (QED) is 0.695. The number of nitrogens with zero attached hydrogens (tertiary/aromatic N) is 2. The van der Waals surface area contributed by atoms with Gasteiger partial charge < -0.3 is 4.90 Å². The second kappa shape index (κ2) is 11.6.